The lowest BCUT2D eigenvalue weighted by Crippen LogP contribution is -2.18. The second-order valence-corrected chi connectivity index (χ2v) is 4.60. The molecule has 0 radical (unpaired) electrons. The molecule has 0 saturated carbocycles. The standard InChI is InChI=1S/C15H19N3O/c1-18(10-12-4-3-7-17-9-12)11-13-5-6-14(19-2)8-15(13)16/h3-9H,10-11,16H2,1-2H3. The molecule has 4 heteroatoms. The van der Waals surface area contributed by atoms with Gasteiger partial charge in [-0.1, -0.05) is 12.1 Å². The van der Waals surface area contributed by atoms with Gasteiger partial charge in [0.05, 0.1) is 7.11 Å². The third-order valence-corrected chi connectivity index (χ3v) is 2.97. The van der Waals surface area contributed by atoms with Crippen molar-refractivity contribution >= 4 is 5.69 Å². The van der Waals surface area contributed by atoms with Crippen molar-refractivity contribution < 1.29 is 4.74 Å². The Kier molecular flexibility index (Phi) is 4.36. The lowest BCUT2D eigenvalue weighted by Gasteiger charge is -2.18. The first-order valence-electron chi connectivity index (χ1n) is 6.19. The molecule has 2 rings (SSSR count). The fourth-order valence-corrected chi connectivity index (χ4v) is 1.99. The molecule has 0 aliphatic rings. The first kappa shape index (κ1) is 13.4. The van der Waals surface area contributed by atoms with Crippen LogP contribution in [0, 0.1) is 0 Å². The van der Waals surface area contributed by atoms with Gasteiger partial charge in [-0.15, -0.1) is 0 Å². The summed E-state index contributed by atoms with van der Waals surface area (Å²) in [7, 11) is 3.71. The number of anilines is 1. The van der Waals surface area contributed by atoms with Gasteiger partial charge in [-0.2, -0.15) is 0 Å². The Labute approximate surface area is 113 Å². The van der Waals surface area contributed by atoms with Gasteiger partial charge in [0.2, 0.25) is 0 Å². The Balaban J connectivity index is 2.01. The molecule has 1 aromatic carbocycles. The topological polar surface area (TPSA) is 51.4 Å². The quantitative estimate of drug-likeness (QED) is 0.835. The summed E-state index contributed by atoms with van der Waals surface area (Å²) in [4.78, 5) is 6.32. The van der Waals surface area contributed by atoms with Crippen LogP contribution < -0.4 is 10.5 Å². The van der Waals surface area contributed by atoms with Crippen LogP contribution in [0.25, 0.3) is 0 Å². The largest absolute Gasteiger partial charge is 0.497 e. The summed E-state index contributed by atoms with van der Waals surface area (Å²) in [5.74, 6) is 0.788. The highest BCUT2D eigenvalue weighted by molar-refractivity contribution is 5.51. The van der Waals surface area contributed by atoms with Gasteiger partial charge in [0.1, 0.15) is 5.75 Å². The first-order chi connectivity index (χ1) is 9.19. The number of methoxy groups -OCH3 is 1. The molecule has 0 saturated heterocycles. The van der Waals surface area contributed by atoms with E-state index >= 15 is 0 Å². The van der Waals surface area contributed by atoms with E-state index in [1.165, 1.54) is 5.56 Å². The van der Waals surface area contributed by atoms with Crippen molar-refractivity contribution in [3.8, 4) is 5.75 Å². The van der Waals surface area contributed by atoms with E-state index in [4.69, 9.17) is 10.5 Å². The third kappa shape index (κ3) is 3.69. The van der Waals surface area contributed by atoms with E-state index in [2.05, 4.69) is 23.0 Å². The minimum Gasteiger partial charge on any atom is -0.497 e. The summed E-state index contributed by atoms with van der Waals surface area (Å²) in [5.41, 5.74) is 9.08. The van der Waals surface area contributed by atoms with Crippen LogP contribution in [-0.4, -0.2) is 24.0 Å². The van der Waals surface area contributed by atoms with Gasteiger partial charge in [-0.25, -0.2) is 0 Å². The summed E-state index contributed by atoms with van der Waals surface area (Å²) in [6, 6.07) is 9.82. The van der Waals surface area contributed by atoms with Crippen LogP contribution in [0.15, 0.2) is 42.7 Å². The van der Waals surface area contributed by atoms with Crippen molar-refractivity contribution in [2.75, 3.05) is 19.9 Å². The summed E-state index contributed by atoms with van der Waals surface area (Å²) >= 11 is 0. The number of ether oxygens (including phenoxy) is 1. The molecule has 0 atom stereocenters. The summed E-state index contributed by atoms with van der Waals surface area (Å²) in [5, 5.41) is 0. The van der Waals surface area contributed by atoms with Crippen LogP contribution in [0.5, 0.6) is 5.75 Å². The molecule has 100 valence electrons. The van der Waals surface area contributed by atoms with Crippen molar-refractivity contribution in [1.82, 2.24) is 9.88 Å². The number of pyridine rings is 1. The molecule has 0 spiro atoms. The zero-order valence-corrected chi connectivity index (χ0v) is 11.3. The molecule has 0 aliphatic carbocycles. The number of hydrogen-bond acceptors (Lipinski definition) is 4. The lowest BCUT2D eigenvalue weighted by atomic mass is 10.1. The van der Waals surface area contributed by atoms with E-state index in [-0.39, 0.29) is 0 Å². The second kappa shape index (κ2) is 6.20. The molecule has 0 bridgehead atoms. The Morgan fingerprint density at radius 1 is 1.26 bits per heavy atom. The van der Waals surface area contributed by atoms with Gasteiger partial charge < -0.3 is 10.5 Å². The van der Waals surface area contributed by atoms with Crippen molar-refractivity contribution in [2.45, 2.75) is 13.1 Å². The maximum absolute atomic E-state index is 6.02. The van der Waals surface area contributed by atoms with E-state index in [0.717, 1.165) is 30.1 Å². The highest BCUT2D eigenvalue weighted by Gasteiger charge is 2.06. The number of benzene rings is 1. The van der Waals surface area contributed by atoms with Gasteiger partial charge in [0.15, 0.2) is 0 Å². The normalized spacial score (nSPS) is 10.7. The fraction of sp³-hybridized carbons (Fsp3) is 0.267. The monoisotopic (exact) mass is 257 g/mol. The van der Waals surface area contributed by atoms with Gasteiger partial charge in [-0.05, 0) is 30.3 Å². The Morgan fingerprint density at radius 2 is 2.11 bits per heavy atom. The summed E-state index contributed by atoms with van der Waals surface area (Å²) in [6.45, 7) is 1.64. The number of aromatic nitrogens is 1. The SMILES string of the molecule is COc1ccc(CN(C)Cc2cccnc2)c(N)c1. The van der Waals surface area contributed by atoms with Crippen LogP contribution in [0.1, 0.15) is 11.1 Å². The zero-order valence-electron chi connectivity index (χ0n) is 11.3. The zero-order chi connectivity index (χ0) is 13.7. The highest BCUT2D eigenvalue weighted by atomic mass is 16.5. The van der Waals surface area contributed by atoms with Crippen molar-refractivity contribution in [3.05, 3.63) is 53.9 Å². The van der Waals surface area contributed by atoms with Crippen LogP contribution >= 0.6 is 0 Å². The molecular weight excluding hydrogens is 238 g/mol. The van der Waals surface area contributed by atoms with E-state index in [0.29, 0.717) is 0 Å². The predicted octanol–water partition coefficient (Wildman–Crippen LogP) is 2.30. The number of rotatable bonds is 5. The van der Waals surface area contributed by atoms with E-state index in [1.807, 2.05) is 30.5 Å². The molecule has 0 aliphatic heterocycles. The smallest absolute Gasteiger partial charge is 0.120 e. The van der Waals surface area contributed by atoms with Crippen molar-refractivity contribution in [2.24, 2.45) is 0 Å². The lowest BCUT2D eigenvalue weighted by molar-refractivity contribution is 0.319. The Bertz CT molecular complexity index is 528. The van der Waals surface area contributed by atoms with Crippen LogP contribution in [0.4, 0.5) is 5.69 Å². The van der Waals surface area contributed by atoms with E-state index < -0.39 is 0 Å². The van der Waals surface area contributed by atoms with Crippen molar-refractivity contribution in [3.63, 3.8) is 0 Å². The number of hydrogen-bond donors (Lipinski definition) is 1. The third-order valence-electron chi connectivity index (χ3n) is 2.97. The minimum atomic E-state index is 0.761. The molecule has 2 aromatic rings. The Morgan fingerprint density at radius 3 is 2.74 bits per heavy atom. The molecule has 4 nitrogen and oxygen atoms in total. The number of nitrogens with zero attached hydrogens (tertiary/aromatic N) is 2. The van der Waals surface area contributed by atoms with Gasteiger partial charge in [-0.3, -0.25) is 9.88 Å². The summed E-state index contributed by atoms with van der Waals surface area (Å²) < 4.78 is 5.15. The fourth-order valence-electron chi connectivity index (χ4n) is 1.99. The Hall–Kier alpha value is -2.07. The van der Waals surface area contributed by atoms with Crippen LogP contribution in [-0.2, 0) is 13.1 Å². The number of nitrogen functional groups attached to an aromatic ring is 1. The molecule has 19 heavy (non-hydrogen) atoms. The van der Waals surface area contributed by atoms with Gasteiger partial charge >= 0.3 is 0 Å². The first-order valence-corrected chi connectivity index (χ1v) is 6.19. The van der Waals surface area contributed by atoms with Crippen LogP contribution in [0.2, 0.25) is 0 Å². The average Bonchev–Trinajstić information content (AvgIpc) is 2.42. The van der Waals surface area contributed by atoms with Crippen molar-refractivity contribution in [1.29, 1.82) is 0 Å². The van der Waals surface area contributed by atoms with E-state index in [9.17, 15) is 0 Å². The molecule has 1 heterocycles. The van der Waals surface area contributed by atoms with Gasteiger partial charge in [0, 0.05) is 37.2 Å². The average molecular weight is 257 g/mol. The second-order valence-electron chi connectivity index (χ2n) is 4.60. The maximum Gasteiger partial charge on any atom is 0.120 e. The van der Waals surface area contributed by atoms with E-state index in [1.54, 1.807) is 13.3 Å². The van der Waals surface area contributed by atoms with Gasteiger partial charge in [0.25, 0.3) is 0 Å². The molecular formula is C15H19N3O. The molecule has 1 aromatic heterocycles. The number of nitrogens with two attached hydrogens (primary N) is 1. The summed E-state index contributed by atoms with van der Waals surface area (Å²) in [6.07, 6.45) is 3.67. The molecule has 0 fully saturated rings. The molecule has 0 unspecified atom stereocenters. The van der Waals surface area contributed by atoms with Crippen LogP contribution in [0.3, 0.4) is 0 Å². The molecule has 0 amide bonds. The minimum absolute atomic E-state index is 0.761. The maximum atomic E-state index is 6.02. The highest BCUT2D eigenvalue weighted by Crippen LogP contribution is 2.21. The molecule has 2 N–H and O–H groups in total. The predicted molar refractivity (Wildman–Crippen MR) is 76.8 cm³/mol.